The van der Waals surface area contributed by atoms with E-state index in [0.717, 1.165) is 12.8 Å². The largest absolute Gasteiger partial charge is 0.382 e. The lowest BCUT2D eigenvalue weighted by Gasteiger charge is -2.29. The Kier molecular flexibility index (Phi) is 5.57. The summed E-state index contributed by atoms with van der Waals surface area (Å²) in [6.45, 7) is 8.74. The van der Waals surface area contributed by atoms with Crippen molar-refractivity contribution in [1.82, 2.24) is 0 Å². The van der Waals surface area contributed by atoms with Gasteiger partial charge in [0.25, 0.3) is 0 Å². The molecule has 13 heavy (non-hydrogen) atoms. The van der Waals surface area contributed by atoms with Crippen LogP contribution in [0.3, 0.4) is 0 Å². The second-order valence-corrected chi connectivity index (χ2v) is 4.67. The fourth-order valence-corrected chi connectivity index (χ4v) is 1.81. The second kappa shape index (κ2) is 5.61. The van der Waals surface area contributed by atoms with E-state index in [1.165, 1.54) is 0 Å². The van der Waals surface area contributed by atoms with E-state index in [-0.39, 0.29) is 0 Å². The van der Waals surface area contributed by atoms with Crippen molar-refractivity contribution in [3.63, 3.8) is 0 Å². The summed E-state index contributed by atoms with van der Waals surface area (Å²) in [6, 6.07) is 0. The van der Waals surface area contributed by atoms with Gasteiger partial charge in [0.15, 0.2) is 0 Å². The molecule has 0 saturated carbocycles. The zero-order valence-electron chi connectivity index (χ0n) is 9.89. The Balaban J connectivity index is 3.92. The fourth-order valence-electron chi connectivity index (χ4n) is 1.81. The highest BCUT2D eigenvalue weighted by atomic mass is 16.5. The first-order chi connectivity index (χ1) is 5.91. The maximum atomic E-state index is 5.26. The molecule has 0 bridgehead atoms. The quantitative estimate of drug-likeness (QED) is 0.638. The highest BCUT2D eigenvalue weighted by molar-refractivity contribution is 4.74. The third-order valence-corrected chi connectivity index (χ3v) is 2.48. The van der Waals surface area contributed by atoms with Crippen LogP contribution >= 0.6 is 0 Å². The van der Waals surface area contributed by atoms with Gasteiger partial charge >= 0.3 is 0 Å². The van der Waals surface area contributed by atoms with E-state index in [1.807, 2.05) is 0 Å². The first kappa shape index (κ1) is 12.9. The van der Waals surface area contributed by atoms with E-state index in [9.17, 15) is 0 Å². The van der Waals surface area contributed by atoms with Crippen molar-refractivity contribution in [3.8, 4) is 0 Å². The van der Waals surface area contributed by atoms with Crippen LogP contribution in [-0.4, -0.2) is 26.4 Å². The lowest BCUT2D eigenvalue weighted by Crippen LogP contribution is -2.24. The zero-order chi connectivity index (χ0) is 10.5. The van der Waals surface area contributed by atoms with Crippen LogP contribution in [0.4, 0.5) is 0 Å². The minimum atomic E-state index is 0.296. The van der Waals surface area contributed by atoms with Crippen LogP contribution in [0.15, 0.2) is 0 Å². The summed E-state index contributed by atoms with van der Waals surface area (Å²) in [5.41, 5.74) is 0.296. The third kappa shape index (κ3) is 6.05. The molecule has 80 valence electrons. The minimum absolute atomic E-state index is 0.296. The molecule has 0 amide bonds. The van der Waals surface area contributed by atoms with E-state index in [2.05, 4.69) is 27.7 Å². The Labute approximate surface area is 82.6 Å². The molecule has 0 fully saturated rings. The maximum Gasteiger partial charge on any atom is 0.0548 e. The van der Waals surface area contributed by atoms with Crippen molar-refractivity contribution in [2.75, 3.05) is 14.2 Å². The minimum Gasteiger partial charge on any atom is -0.382 e. The molecule has 0 saturated heterocycles. The topological polar surface area (TPSA) is 18.5 Å². The normalized spacial score (nSPS) is 17.1. The summed E-state index contributed by atoms with van der Waals surface area (Å²) in [5, 5.41) is 0. The van der Waals surface area contributed by atoms with E-state index in [1.54, 1.807) is 14.2 Å². The summed E-state index contributed by atoms with van der Waals surface area (Å²) < 4.78 is 10.5. The van der Waals surface area contributed by atoms with Gasteiger partial charge in [-0.15, -0.1) is 0 Å². The SMILES string of the molecule is COC(C)CC(C)(C)CC(C)OC. The molecule has 0 aliphatic rings. The number of methoxy groups -OCH3 is 2. The summed E-state index contributed by atoms with van der Waals surface area (Å²) >= 11 is 0. The van der Waals surface area contributed by atoms with Crippen LogP contribution in [0.2, 0.25) is 0 Å². The van der Waals surface area contributed by atoms with Gasteiger partial charge in [0.05, 0.1) is 12.2 Å². The smallest absolute Gasteiger partial charge is 0.0548 e. The van der Waals surface area contributed by atoms with Crippen LogP contribution in [0, 0.1) is 5.41 Å². The average molecular weight is 188 g/mol. The molecule has 0 aliphatic carbocycles. The van der Waals surface area contributed by atoms with Crippen LogP contribution < -0.4 is 0 Å². The second-order valence-electron chi connectivity index (χ2n) is 4.67. The standard InChI is InChI=1S/C11H24O2/c1-9(12-5)7-11(3,4)8-10(2)13-6/h9-10H,7-8H2,1-6H3. The molecule has 0 aromatic heterocycles. The predicted octanol–water partition coefficient (Wildman–Crippen LogP) is 2.86. The molecule has 2 heteroatoms. The average Bonchev–Trinajstić information content (AvgIpc) is 2.02. The van der Waals surface area contributed by atoms with E-state index < -0.39 is 0 Å². The first-order valence-corrected chi connectivity index (χ1v) is 4.97. The van der Waals surface area contributed by atoms with Gasteiger partial charge < -0.3 is 9.47 Å². The number of hydrogen-bond donors (Lipinski definition) is 0. The molecule has 0 spiro atoms. The highest BCUT2D eigenvalue weighted by Gasteiger charge is 2.23. The number of rotatable bonds is 6. The molecule has 0 radical (unpaired) electrons. The molecule has 0 rings (SSSR count). The summed E-state index contributed by atoms with van der Waals surface area (Å²) in [5.74, 6) is 0. The van der Waals surface area contributed by atoms with Crippen LogP contribution in [0.1, 0.15) is 40.5 Å². The van der Waals surface area contributed by atoms with E-state index in [0.29, 0.717) is 17.6 Å². The molecule has 2 atom stereocenters. The van der Waals surface area contributed by atoms with Gasteiger partial charge in [-0.25, -0.2) is 0 Å². The molecule has 0 heterocycles. The van der Waals surface area contributed by atoms with Gasteiger partial charge in [-0.1, -0.05) is 13.8 Å². The summed E-state index contributed by atoms with van der Waals surface area (Å²) in [7, 11) is 3.53. The number of hydrogen-bond acceptors (Lipinski definition) is 2. The first-order valence-electron chi connectivity index (χ1n) is 4.97. The Morgan fingerprint density at radius 3 is 1.46 bits per heavy atom. The Morgan fingerprint density at radius 1 is 0.923 bits per heavy atom. The Morgan fingerprint density at radius 2 is 1.23 bits per heavy atom. The van der Waals surface area contributed by atoms with Gasteiger partial charge in [0.1, 0.15) is 0 Å². The molecule has 2 nitrogen and oxygen atoms in total. The maximum absolute atomic E-state index is 5.26. The number of ether oxygens (including phenoxy) is 2. The highest BCUT2D eigenvalue weighted by Crippen LogP contribution is 2.29. The molecule has 0 aromatic carbocycles. The van der Waals surface area contributed by atoms with Gasteiger partial charge in [-0.3, -0.25) is 0 Å². The van der Waals surface area contributed by atoms with Crippen molar-refractivity contribution >= 4 is 0 Å². The van der Waals surface area contributed by atoms with E-state index in [4.69, 9.17) is 9.47 Å². The van der Waals surface area contributed by atoms with Crippen LogP contribution in [-0.2, 0) is 9.47 Å². The lowest BCUT2D eigenvalue weighted by molar-refractivity contribution is 0.0358. The molecule has 0 aromatic rings. The monoisotopic (exact) mass is 188 g/mol. The fraction of sp³-hybridized carbons (Fsp3) is 1.00. The molecule has 0 aliphatic heterocycles. The molecular formula is C11H24O2. The van der Waals surface area contributed by atoms with Crippen molar-refractivity contribution in [3.05, 3.63) is 0 Å². The van der Waals surface area contributed by atoms with Crippen molar-refractivity contribution < 1.29 is 9.47 Å². The summed E-state index contributed by atoms with van der Waals surface area (Å²) in [6.07, 6.45) is 2.83. The Bertz CT molecular complexity index is 118. The van der Waals surface area contributed by atoms with Crippen molar-refractivity contribution in [1.29, 1.82) is 0 Å². The van der Waals surface area contributed by atoms with Crippen LogP contribution in [0.5, 0.6) is 0 Å². The third-order valence-electron chi connectivity index (χ3n) is 2.48. The van der Waals surface area contributed by atoms with Gasteiger partial charge in [0.2, 0.25) is 0 Å². The van der Waals surface area contributed by atoms with Gasteiger partial charge in [0, 0.05) is 14.2 Å². The molecule has 0 N–H and O–H groups in total. The Hall–Kier alpha value is -0.0800. The van der Waals surface area contributed by atoms with Crippen LogP contribution in [0.25, 0.3) is 0 Å². The van der Waals surface area contributed by atoms with Crippen molar-refractivity contribution in [2.24, 2.45) is 5.41 Å². The molecular weight excluding hydrogens is 164 g/mol. The molecule has 2 unspecified atom stereocenters. The lowest BCUT2D eigenvalue weighted by atomic mass is 9.82. The van der Waals surface area contributed by atoms with E-state index >= 15 is 0 Å². The zero-order valence-corrected chi connectivity index (χ0v) is 9.89. The summed E-state index contributed by atoms with van der Waals surface area (Å²) in [4.78, 5) is 0. The predicted molar refractivity (Wildman–Crippen MR) is 56.0 cm³/mol. The van der Waals surface area contributed by atoms with Crippen molar-refractivity contribution in [2.45, 2.75) is 52.7 Å². The van der Waals surface area contributed by atoms with Gasteiger partial charge in [-0.2, -0.15) is 0 Å². The van der Waals surface area contributed by atoms with Gasteiger partial charge in [-0.05, 0) is 32.1 Å².